The fraction of sp³-hybridized carbons (Fsp3) is 0.583. The second-order valence-electron chi connectivity index (χ2n) is 4.59. The van der Waals surface area contributed by atoms with Crippen molar-refractivity contribution in [2.24, 2.45) is 5.92 Å². The van der Waals surface area contributed by atoms with E-state index in [1.54, 1.807) is 0 Å². The number of aromatic nitrogens is 2. The highest BCUT2D eigenvalue weighted by Gasteiger charge is 2.16. The van der Waals surface area contributed by atoms with Crippen LogP contribution < -0.4 is 10.9 Å². The van der Waals surface area contributed by atoms with Crippen LogP contribution in [0.5, 0.6) is 0 Å². The molecule has 20 heavy (non-hydrogen) atoms. The molecule has 1 aromatic rings. The van der Waals surface area contributed by atoms with Crippen molar-refractivity contribution in [1.82, 2.24) is 9.78 Å². The SMILES string of the molecule is COC(=O)Cn1ncc(N[C@H](CO)C(C)C)c(Br)c1=O. The van der Waals surface area contributed by atoms with Crippen LogP contribution in [0.25, 0.3) is 0 Å². The number of carbonyl (C=O) groups is 1. The number of hydrogen-bond donors (Lipinski definition) is 2. The number of ether oxygens (including phenoxy) is 1. The summed E-state index contributed by atoms with van der Waals surface area (Å²) < 4.78 is 5.75. The normalized spacial score (nSPS) is 12.3. The minimum Gasteiger partial charge on any atom is -0.468 e. The van der Waals surface area contributed by atoms with Crippen LogP contribution in [0.4, 0.5) is 5.69 Å². The Labute approximate surface area is 125 Å². The predicted molar refractivity (Wildman–Crippen MR) is 77.5 cm³/mol. The van der Waals surface area contributed by atoms with Crippen molar-refractivity contribution in [2.45, 2.75) is 26.4 Å². The Morgan fingerprint density at radius 1 is 1.60 bits per heavy atom. The summed E-state index contributed by atoms with van der Waals surface area (Å²) in [5, 5.41) is 16.2. The minimum absolute atomic E-state index is 0.0602. The van der Waals surface area contributed by atoms with E-state index in [1.165, 1.54) is 13.3 Å². The molecule has 0 aliphatic heterocycles. The van der Waals surface area contributed by atoms with Gasteiger partial charge in [-0.1, -0.05) is 13.8 Å². The number of rotatable bonds is 6. The Kier molecular flexibility index (Phi) is 6.15. The first-order valence-corrected chi connectivity index (χ1v) is 6.89. The predicted octanol–water partition coefficient (Wildman–Crippen LogP) is 0.608. The molecule has 0 fully saturated rings. The van der Waals surface area contributed by atoms with Gasteiger partial charge in [0.05, 0.1) is 31.6 Å². The van der Waals surface area contributed by atoms with E-state index in [-0.39, 0.29) is 29.6 Å². The van der Waals surface area contributed by atoms with Crippen LogP contribution in [0.15, 0.2) is 15.5 Å². The van der Waals surface area contributed by atoms with Gasteiger partial charge in [-0.05, 0) is 21.8 Å². The van der Waals surface area contributed by atoms with E-state index in [9.17, 15) is 14.7 Å². The number of methoxy groups -OCH3 is 1. The largest absolute Gasteiger partial charge is 0.468 e. The second kappa shape index (κ2) is 7.39. The van der Waals surface area contributed by atoms with Crippen LogP contribution in [0.2, 0.25) is 0 Å². The molecule has 0 unspecified atom stereocenters. The fourth-order valence-electron chi connectivity index (χ4n) is 1.49. The summed E-state index contributed by atoms with van der Waals surface area (Å²) in [6.07, 6.45) is 1.43. The first-order valence-electron chi connectivity index (χ1n) is 6.10. The number of aliphatic hydroxyl groups is 1. The Hall–Kier alpha value is -1.41. The van der Waals surface area contributed by atoms with Crippen molar-refractivity contribution in [1.29, 1.82) is 0 Å². The van der Waals surface area contributed by atoms with Crippen molar-refractivity contribution >= 4 is 27.6 Å². The van der Waals surface area contributed by atoms with Crippen molar-refractivity contribution in [3.63, 3.8) is 0 Å². The average molecular weight is 348 g/mol. The number of hydrogen-bond acceptors (Lipinski definition) is 6. The van der Waals surface area contributed by atoms with Gasteiger partial charge in [-0.2, -0.15) is 5.10 Å². The van der Waals surface area contributed by atoms with E-state index in [2.05, 4.69) is 31.1 Å². The lowest BCUT2D eigenvalue weighted by atomic mass is 10.1. The molecule has 0 amide bonds. The van der Waals surface area contributed by atoms with Crippen molar-refractivity contribution < 1.29 is 14.6 Å². The first-order chi connectivity index (χ1) is 9.40. The smallest absolute Gasteiger partial charge is 0.327 e. The molecular formula is C12H18BrN3O4. The number of carbonyl (C=O) groups excluding carboxylic acids is 1. The van der Waals surface area contributed by atoms with E-state index in [0.717, 1.165) is 4.68 Å². The van der Waals surface area contributed by atoms with Gasteiger partial charge in [-0.25, -0.2) is 4.68 Å². The molecule has 7 nitrogen and oxygen atoms in total. The Morgan fingerprint density at radius 2 is 2.25 bits per heavy atom. The van der Waals surface area contributed by atoms with Crippen molar-refractivity contribution in [2.75, 3.05) is 19.0 Å². The topological polar surface area (TPSA) is 93.5 Å². The van der Waals surface area contributed by atoms with Crippen LogP contribution in [0.1, 0.15) is 13.8 Å². The maximum atomic E-state index is 12.0. The molecule has 2 N–H and O–H groups in total. The molecule has 8 heteroatoms. The number of halogens is 1. The van der Waals surface area contributed by atoms with Crippen molar-refractivity contribution in [3.8, 4) is 0 Å². The Bertz CT molecular complexity index is 530. The van der Waals surface area contributed by atoms with Crippen LogP contribution in [-0.4, -0.2) is 40.6 Å². The summed E-state index contributed by atoms with van der Waals surface area (Å²) in [6.45, 7) is 3.60. The third-order valence-corrected chi connectivity index (χ3v) is 3.60. The number of anilines is 1. The molecule has 0 spiro atoms. The number of nitrogens with zero attached hydrogens (tertiary/aromatic N) is 2. The van der Waals surface area contributed by atoms with E-state index >= 15 is 0 Å². The summed E-state index contributed by atoms with van der Waals surface area (Å²) in [5.74, 6) is -0.368. The van der Waals surface area contributed by atoms with E-state index in [0.29, 0.717) is 5.69 Å². The summed E-state index contributed by atoms with van der Waals surface area (Å²) in [4.78, 5) is 23.2. The zero-order chi connectivity index (χ0) is 15.3. The second-order valence-corrected chi connectivity index (χ2v) is 5.38. The summed E-state index contributed by atoms with van der Waals surface area (Å²) in [5.41, 5.74) is 0.0321. The molecule has 1 heterocycles. The van der Waals surface area contributed by atoms with E-state index in [4.69, 9.17) is 0 Å². The molecule has 0 radical (unpaired) electrons. The zero-order valence-corrected chi connectivity index (χ0v) is 13.2. The number of aliphatic hydroxyl groups excluding tert-OH is 1. The molecule has 1 aromatic heterocycles. The highest BCUT2D eigenvalue weighted by Crippen LogP contribution is 2.19. The highest BCUT2D eigenvalue weighted by atomic mass is 79.9. The summed E-state index contributed by atoms with van der Waals surface area (Å²) in [6, 6.07) is -0.191. The van der Waals surface area contributed by atoms with Crippen molar-refractivity contribution in [3.05, 3.63) is 21.0 Å². The Morgan fingerprint density at radius 3 is 2.75 bits per heavy atom. The maximum Gasteiger partial charge on any atom is 0.327 e. The minimum atomic E-state index is -0.553. The van der Waals surface area contributed by atoms with Gasteiger partial charge < -0.3 is 15.2 Å². The number of esters is 1. The lowest BCUT2D eigenvalue weighted by molar-refractivity contribution is -0.141. The van der Waals surface area contributed by atoms with E-state index in [1.807, 2.05) is 13.8 Å². The van der Waals surface area contributed by atoms with Gasteiger partial charge in [0.15, 0.2) is 0 Å². The molecule has 1 rings (SSSR count). The molecule has 0 aliphatic rings. The number of nitrogens with one attached hydrogen (secondary N) is 1. The van der Waals surface area contributed by atoms with Gasteiger partial charge in [0.2, 0.25) is 0 Å². The van der Waals surface area contributed by atoms with Gasteiger partial charge in [0.25, 0.3) is 5.56 Å². The third kappa shape index (κ3) is 4.04. The molecule has 0 saturated heterocycles. The van der Waals surface area contributed by atoms with Gasteiger partial charge in [-0.3, -0.25) is 9.59 Å². The molecule has 0 bridgehead atoms. The molecule has 0 aliphatic carbocycles. The molecule has 0 saturated carbocycles. The standard InChI is InChI=1S/C12H18BrN3O4/c1-7(2)9(6-17)15-8-4-14-16(5-10(18)20-3)12(19)11(8)13/h4,7,9,15,17H,5-6H2,1-3H3/t9-/m1/s1. The van der Waals surface area contributed by atoms with Crippen LogP contribution >= 0.6 is 15.9 Å². The van der Waals surface area contributed by atoms with Crippen LogP contribution in [-0.2, 0) is 16.1 Å². The quantitative estimate of drug-likeness (QED) is 0.732. The molecule has 112 valence electrons. The summed E-state index contributed by atoms with van der Waals surface area (Å²) >= 11 is 3.18. The molecular weight excluding hydrogens is 330 g/mol. The summed E-state index contributed by atoms with van der Waals surface area (Å²) in [7, 11) is 1.24. The van der Waals surface area contributed by atoms with Gasteiger partial charge in [0.1, 0.15) is 11.0 Å². The lowest BCUT2D eigenvalue weighted by Gasteiger charge is -2.21. The average Bonchev–Trinajstić information content (AvgIpc) is 2.42. The lowest BCUT2D eigenvalue weighted by Crippen LogP contribution is -2.32. The van der Waals surface area contributed by atoms with Gasteiger partial charge in [0, 0.05) is 0 Å². The maximum absolute atomic E-state index is 12.0. The first kappa shape index (κ1) is 16.6. The van der Waals surface area contributed by atoms with Gasteiger partial charge in [-0.15, -0.1) is 0 Å². The molecule has 1 atom stereocenters. The monoisotopic (exact) mass is 347 g/mol. The van der Waals surface area contributed by atoms with E-state index < -0.39 is 11.5 Å². The Balaban J connectivity index is 3.00. The third-order valence-electron chi connectivity index (χ3n) is 2.83. The highest BCUT2D eigenvalue weighted by molar-refractivity contribution is 9.10. The molecule has 0 aromatic carbocycles. The van der Waals surface area contributed by atoms with Gasteiger partial charge >= 0.3 is 5.97 Å². The van der Waals surface area contributed by atoms with Crippen LogP contribution in [0, 0.1) is 5.92 Å². The fourth-order valence-corrected chi connectivity index (χ4v) is 1.91. The van der Waals surface area contributed by atoms with Crippen LogP contribution in [0.3, 0.4) is 0 Å². The zero-order valence-electron chi connectivity index (χ0n) is 11.6.